The van der Waals surface area contributed by atoms with E-state index in [0.29, 0.717) is 29.5 Å². The molecule has 3 aromatic carbocycles. The molecule has 0 saturated heterocycles. The molecule has 0 aliphatic heterocycles. The number of halogens is 1. The van der Waals surface area contributed by atoms with Gasteiger partial charge in [0.05, 0.1) is 11.6 Å². The number of nitrogens with one attached hydrogen (secondary N) is 1. The fraction of sp³-hybridized carbons (Fsp3) is 0.136. The molecule has 0 bridgehead atoms. The first-order valence-corrected chi connectivity index (χ1v) is 10.0. The Bertz CT molecular complexity index is 869. The summed E-state index contributed by atoms with van der Waals surface area (Å²) in [6.45, 7) is 0.775. The smallest absolute Gasteiger partial charge is 0.251 e. The van der Waals surface area contributed by atoms with Crippen molar-refractivity contribution >= 4 is 29.3 Å². The molecule has 0 aromatic heterocycles. The first-order chi connectivity index (χ1) is 13.2. The summed E-state index contributed by atoms with van der Waals surface area (Å²) in [7, 11) is 0. The number of thioether (sulfide) groups is 1. The normalized spacial score (nSPS) is 10.4. The molecule has 1 amide bonds. The van der Waals surface area contributed by atoms with Crippen LogP contribution in [-0.4, -0.2) is 19.1 Å². The van der Waals surface area contributed by atoms with E-state index in [4.69, 9.17) is 16.3 Å². The van der Waals surface area contributed by atoms with Crippen LogP contribution in [0.15, 0.2) is 83.8 Å². The van der Waals surface area contributed by atoms with E-state index in [1.54, 1.807) is 23.9 Å². The van der Waals surface area contributed by atoms with Gasteiger partial charge < -0.3 is 10.1 Å². The van der Waals surface area contributed by atoms with Crippen molar-refractivity contribution in [3.63, 3.8) is 0 Å². The van der Waals surface area contributed by atoms with Crippen LogP contribution in [0, 0.1) is 0 Å². The first kappa shape index (κ1) is 19.3. The fourth-order valence-electron chi connectivity index (χ4n) is 2.43. The molecule has 3 rings (SSSR count). The molecule has 0 unspecified atom stereocenters. The summed E-state index contributed by atoms with van der Waals surface area (Å²) in [4.78, 5) is 13.4. The zero-order valence-corrected chi connectivity index (χ0v) is 16.3. The zero-order valence-electron chi connectivity index (χ0n) is 14.7. The Kier molecular flexibility index (Phi) is 7.19. The molecule has 27 heavy (non-hydrogen) atoms. The van der Waals surface area contributed by atoms with Gasteiger partial charge in [0, 0.05) is 16.2 Å². The third-order valence-electron chi connectivity index (χ3n) is 3.85. The molecule has 0 atom stereocenters. The maximum Gasteiger partial charge on any atom is 0.251 e. The third kappa shape index (κ3) is 6.05. The van der Waals surface area contributed by atoms with Crippen molar-refractivity contribution < 1.29 is 9.53 Å². The lowest BCUT2D eigenvalue weighted by molar-refractivity contribution is 0.0947. The number of benzene rings is 3. The summed E-state index contributed by atoms with van der Waals surface area (Å²) in [5.74, 6) is 1.38. The number of carbonyl (C=O) groups excluding carboxylic acids is 1. The number of ether oxygens (including phenoxy) is 1. The molecule has 0 aliphatic rings. The minimum atomic E-state index is -0.111. The second-order valence-electron chi connectivity index (χ2n) is 5.83. The van der Waals surface area contributed by atoms with Gasteiger partial charge in [-0.05, 0) is 42.0 Å². The minimum absolute atomic E-state index is 0.111. The average Bonchev–Trinajstić information content (AvgIpc) is 2.72. The molecule has 0 heterocycles. The van der Waals surface area contributed by atoms with Crippen LogP contribution in [0.2, 0.25) is 5.02 Å². The highest BCUT2D eigenvalue weighted by Crippen LogP contribution is 2.23. The van der Waals surface area contributed by atoms with Gasteiger partial charge in [-0.15, -0.1) is 11.8 Å². The highest BCUT2D eigenvalue weighted by molar-refractivity contribution is 7.98. The summed E-state index contributed by atoms with van der Waals surface area (Å²) in [5.41, 5.74) is 1.82. The number of amides is 1. The van der Waals surface area contributed by atoms with Gasteiger partial charge in [-0.25, -0.2) is 0 Å². The van der Waals surface area contributed by atoms with Crippen LogP contribution < -0.4 is 10.1 Å². The van der Waals surface area contributed by atoms with E-state index in [1.165, 1.54) is 10.5 Å². The lowest BCUT2D eigenvalue weighted by Crippen LogP contribution is -2.28. The van der Waals surface area contributed by atoms with Gasteiger partial charge in [0.25, 0.3) is 5.91 Å². The second-order valence-corrected chi connectivity index (χ2v) is 7.29. The van der Waals surface area contributed by atoms with E-state index < -0.39 is 0 Å². The summed E-state index contributed by atoms with van der Waals surface area (Å²) < 4.78 is 5.57. The monoisotopic (exact) mass is 397 g/mol. The van der Waals surface area contributed by atoms with Crippen LogP contribution >= 0.6 is 23.4 Å². The number of carbonyl (C=O) groups is 1. The Morgan fingerprint density at radius 3 is 2.37 bits per heavy atom. The SMILES string of the molecule is O=C(NCCOc1ccccc1Cl)c1ccc(CSc2ccccc2)cc1. The lowest BCUT2D eigenvalue weighted by atomic mass is 10.1. The largest absolute Gasteiger partial charge is 0.490 e. The third-order valence-corrected chi connectivity index (χ3v) is 5.24. The van der Waals surface area contributed by atoms with Gasteiger partial charge in [-0.2, -0.15) is 0 Å². The molecule has 0 radical (unpaired) electrons. The molecule has 0 fully saturated rings. The van der Waals surface area contributed by atoms with Gasteiger partial charge >= 0.3 is 0 Å². The molecular weight excluding hydrogens is 378 g/mol. The van der Waals surface area contributed by atoms with Crippen molar-refractivity contribution in [2.24, 2.45) is 0 Å². The van der Waals surface area contributed by atoms with Crippen molar-refractivity contribution in [2.45, 2.75) is 10.6 Å². The quantitative estimate of drug-likeness (QED) is 0.406. The van der Waals surface area contributed by atoms with E-state index in [-0.39, 0.29) is 5.91 Å². The number of rotatable bonds is 8. The summed E-state index contributed by atoms with van der Waals surface area (Å²) in [5, 5.41) is 3.42. The van der Waals surface area contributed by atoms with E-state index in [2.05, 4.69) is 17.4 Å². The molecule has 5 heteroatoms. The second kappa shape index (κ2) is 10.0. The van der Waals surface area contributed by atoms with Crippen molar-refractivity contribution in [3.8, 4) is 5.75 Å². The topological polar surface area (TPSA) is 38.3 Å². The summed E-state index contributed by atoms with van der Waals surface area (Å²) >= 11 is 7.80. The molecular formula is C22H20ClNO2S. The predicted molar refractivity (Wildman–Crippen MR) is 112 cm³/mol. The van der Waals surface area contributed by atoms with Crippen LogP contribution in [0.5, 0.6) is 5.75 Å². The van der Waals surface area contributed by atoms with Crippen LogP contribution in [0.25, 0.3) is 0 Å². The van der Waals surface area contributed by atoms with Crippen LogP contribution in [0.1, 0.15) is 15.9 Å². The minimum Gasteiger partial charge on any atom is -0.490 e. The molecule has 138 valence electrons. The van der Waals surface area contributed by atoms with Gasteiger partial charge in [-0.3, -0.25) is 4.79 Å². The highest BCUT2D eigenvalue weighted by atomic mass is 35.5. The number of para-hydroxylation sites is 1. The van der Waals surface area contributed by atoms with Gasteiger partial charge in [-0.1, -0.05) is 54.1 Å². The highest BCUT2D eigenvalue weighted by Gasteiger charge is 2.06. The predicted octanol–water partition coefficient (Wildman–Crippen LogP) is 5.44. The fourth-order valence-corrected chi connectivity index (χ4v) is 3.49. The van der Waals surface area contributed by atoms with E-state index in [1.807, 2.05) is 54.6 Å². The maximum atomic E-state index is 12.2. The standard InChI is InChI=1S/C22H20ClNO2S/c23-20-8-4-5-9-21(20)26-15-14-24-22(25)18-12-10-17(11-13-18)16-27-19-6-2-1-3-7-19/h1-13H,14-16H2,(H,24,25). The Balaban J connectivity index is 1.42. The molecule has 1 N–H and O–H groups in total. The van der Waals surface area contributed by atoms with Crippen molar-refractivity contribution in [1.82, 2.24) is 5.32 Å². The van der Waals surface area contributed by atoms with E-state index in [0.717, 1.165) is 5.75 Å². The zero-order chi connectivity index (χ0) is 18.9. The number of hydrogen-bond acceptors (Lipinski definition) is 3. The Hall–Kier alpha value is -2.43. The van der Waals surface area contributed by atoms with Crippen LogP contribution in [0.4, 0.5) is 0 Å². The summed E-state index contributed by atoms with van der Waals surface area (Å²) in [6, 6.07) is 25.2. The van der Waals surface area contributed by atoms with Crippen molar-refractivity contribution in [3.05, 3.63) is 95.0 Å². The Morgan fingerprint density at radius 2 is 1.63 bits per heavy atom. The maximum absolute atomic E-state index is 12.2. The Labute approximate surface area is 168 Å². The van der Waals surface area contributed by atoms with Crippen molar-refractivity contribution in [1.29, 1.82) is 0 Å². The first-order valence-electron chi connectivity index (χ1n) is 8.65. The molecule has 0 aliphatic carbocycles. The summed E-state index contributed by atoms with van der Waals surface area (Å²) in [6.07, 6.45) is 0. The molecule has 0 spiro atoms. The number of hydrogen-bond donors (Lipinski definition) is 1. The van der Waals surface area contributed by atoms with E-state index >= 15 is 0 Å². The van der Waals surface area contributed by atoms with Gasteiger partial charge in [0.1, 0.15) is 12.4 Å². The molecule has 3 aromatic rings. The van der Waals surface area contributed by atoms with E-state index in [9.17, 15) is 4.79 Å². The Morgan fingerprint density at radius 1 is 0.926 bits per heavy atom. The molecule has 0 saturated carbocycles. The molecule has 3 nitrogen and oxygen atoms in total. The van der Waals surface area contributed by atoms with Gasteiger partial charge in [0.2, 0.25) is 0 Å². The average molecular weight is 398 g/mol. The van der Waals surface area contributed by atoms with Crippen LogP contribution in [0.3, 0.4) is 0 Å². The lowest BCUT2D eigenvalue weighted by Gasteiger charge is -2.09. The van der Waals surface area contributed by atoms with Crippen molar-refractivity contribution in [2.75, 3.05) is 13.2 Å². The van der Waals surface area contributed by atoms with Crippen LogP contribution in [-0.2, 0) is 5.75 Å². The van der Waals surface area contributed by atoms with Gasteiger partial charge in [0.15, 0.2) is 0 Å².